The second-order valence-corrected chi connectivity index (χ2v) is 7.97. The summed E-state index contributed by atoms with van der Waals surface area (Å²) < 4.78 is 30.0. The number of likely N-dealkylation sites (N-methyl/N-ethyl adjacent to an activating group) is 1. The number of anilines is 1. The van der Waals surface area contributed by atoms with E-state index in [4.69, 9.17) is 10.0 Å². The van der Waals surface area contributed by atoms with Crippen molar-refractivity contribution in [2.24, 2.45) is 10.9 Å². The van der Waals surface area contributed by atoms with Crippen molar-refractivity contribution >= 4 is 33.3 Å². The highest BCUT2D eigenvalue weighted by atomic mass is 32.2. The molecule has 1 aliphatic rings. The second-order valence-electron chi connectivity index (χ2n) is 6.42. The van der Waals surface area contributed by atoms with Crippen molar-refractivity contribution in [3.8, 4) is 11.8 Å². The molecule has 0 saturated heterocycles. The van der Waals surface area contributed by atoms with E-state index in [9.17, 15) is 23.3 Å². The normalized spacial score (nSPS) is 15.8. The van der Waals surface area contributed by atoms with Crippen LogP contribution in [0.1, 0.15) is 6.92 Å². The summed E-state index contributed by atoms with van der Waals surface area (Å²) in [6.07, 6.45) is 0. The third-order valence-corrected chi connectivity index (χ3v) is 5.66. The number of imide groups is 1. The zero-order chi connectivity index (χ0) is 22.8. The molecule has 0 saturated carbocycles. The van der Waals surface area contributed by atoms with Crippen molar-refractivity contribution < 1.29 is 22.2 Å². The third kappa shape index (κ3) is 4.30. The Balaban J connectivity index is 1.93. The fraction of sp³-hybridized carbons (Fsp3) is 0.100. The van der Waals surface area contributed by atoms with E-state index in [1.807, 2.05) is 0 Å². The van der Waals surface area contributed by atoms with E-state index in [1.165, 1.54) is 50.4 Å². The second kappa shape index (κ2) is 8.39. The first-order valence-corrected chi connectivity index (χ1v) is 10.2. The Labute approximate surface area is 178 Å². The van der Waals surface area contributed by atoms with E-state index in [0.29, 0.717) is 0 Å². The van der Waals surface area contributed by atoms with Crippen LogP contribution >= 0.6 is 0 Å². The van der Waals surface area contributed by atoms with E-state index >= 15 is 0 Å². The molecule has 0 unspecified atom stereocenters. The first-order chi connectivity index (χ1) is 14.7. The number of nitrogens with zero attached hydrogens (tertiary/aromatic N) is 4. The molecular formula is C20H17N5O5S. The van der Waals surface area contributed by atoms with E-state index in [-0.39, 0.29) is 33.2 Å². The van der Waals surface area contributed by atoms with Gasteiger partial charge in [-0.05, 0) is 31.2 Å². The van der Waals surface area contributed by atoms with E-state index in [0.717, 1.165) is 10.0 Å². The van der Waals surface area contributed by atoms with Crippen molar-refractivity contribution in [1.29, 1.82) is 5.26 Å². The standard InChI is InChI=1S/C20H17N5O5S/c1-13-17(12-21)19(26)24(2)20(27)18(13)23-25(22)14-7-6-8-15(11-14)30-31(28,29)16-9-4-3-5-10-16/h3-11H,22H2,1-2H3/b23-18-. The van der Waals surface area contributed by atoms with E-state index in [1.54, 1.807) is 24.3 Å². The van der Waals surface area contributed by atoms with Gasteiger partial charge in [-0.25, -0.2) is 5.84 Å². The molecule has 0 bridgehead atoms. The zero-order valence-electron chi connectivity index (χ0n) is 16.5. The number of hydrazine groups is 1. The Bertz CT molecular complexity index is 1260. The molecule has 11 heteroatoms. The van der Waals surface area contributed by atoms with Crippen LogP contribution in [0.15, 0.2) is 75.7 Å². The Morgan fingerprint density at radius 2 is 1.77 bits per heavy atom. The summed E-state index contributed by atoms with van der Waals surface area (Å²) >= 11 is 0. The van der Waals surface area contributed by atoms with Crippen LogP contribution in [-0.2, 0) is 19.7 Å². The van der Waals surface area contributed by atoms with Gasteiger partial charge in [0.25, 0.3) is 11.8 Å². The van der Waals surface area contributed by atoms with Crippen LogP contribution in [0.5, 0.6) is 5.75 Å². The Kier molecular flexibility index (Phi) is 5.87. The molecule has 2 aromatic carbocycles. The highest BCUT2D eigenvalue weighted by Crippen LogP contribution is 2.24. The molecule has 1 aliphatic heterocycles. The lowest BCUT2D eigenvalue weighted by Crippen LogP contribution is -2.45. The number of benzene rings is 2. The highest BCUT2D eigenvalue weighted by Gasteiger charge is 2.34. The lowest BCUT2D eigenvalue weighted by atomic mass is 10.00. The van der Waals surface area contributed by atoms with Crippen LogP contribution in [0.25, 0.3) is 0 Å². The predicted molar refractivity (Wildman–Crippen MR) is 111 cm³/mol. The van der Waals surface area contributed by atoms with Gasteiger partial charge in [-0.1, -0.05) is 24.3 Å². The number of nitriles is 1. The predicted octanol–water partition coefficient (Wildman–Crippen LogP) is 1.33. The number of amides is 2. The third-order valence-electron chi connectivity index (χ3n) is 4.40. The Morgan fingerprint density at radius 1 is 1.10 bits per heavy atom. The summed E-state index contributed by atoms with van der Waals surface area (Å²) in [6.45, 7) is 1.42. The molecule has 3 rings (SSSR count). The molecule has 158 valence electrons. The quantitative estimate of drug-likeness (QED) is 0.318. The SMILES string of the molecule is CC1=C(C#N)C(=O)N(C)C(=O)/C1=N\N(N)c1cccc(OS(=O)(=O)c2ccccc2)c1. The lowest BCUT2D eigenvalue weighted by molar-refractivity contribution is -0.136. The van der Waals surface area contributed by atoms with Gasteiger partial charge in [0.2, 0.25) is 0 Å². The van der Waals surface area contributed by atoms with Gasteiger partial charge in [0.05, 0.1) is 5.69 Å². The van der Waals surface area contributed by atoms with Gasteiger partial charge in [0, 0.05) is 18.7 Å². The number of rotatable bonds is 5. The van der Waals surface area contributed by atoms with Crippen LogP contribution in [0.3, 0.4) is 0 Å². The van der Waals surface area contributed by atoms with Gasteiger partial charge in [-0.15, -0.1) is 0 Å². The average Bonchev–Trinajstić information content (AvgIpc) is 2.76. The van der Waals surface area contributed by atoms with Crippen LogP contribution < -0.4 is 15.1 Å². The molecule has 2 amide bonds. The van der Waals surface area contributed by atoms with Crippen LogP contribution in [0.4, 0.5) is 5.69 Å². The van der Waals surface area contributed by atoms with Crippen molar-refractivity contribution in [1.82, 2.24) is 4.90 Å². The minimum absolute atomic E-state index is 0.0180. The van der Waals surface area contributed by atoms with Crippen molar-refractivity contribution in [2.45, 2.75) is 11.8 Å². The number of hydrogen-bond donors (Lipinski definition) is 1. The number of carbonyl (C=O) groups is 2. The molecule has 31 heavy (non-hydrogen) atoms. The minimum atomic E-state index is -4.06. The summed E-state index contributed by atoms with van der Waals surface area (Å²) in [5.74, 6) is 4.46. The molecule has 0 atom stereocenters. The maximum absolute atomic E-state index is 12.4. The molecule has 0 spiro atoms. The van der Waals surface area contributed by atoms with Gasteiger partial charge in [0.1, 0.15) is 22.3 Å². The fourth-order valence-corrected chi connectivity index (χ4v) is 3.66. The maximum atomic E-state index is 12.4. The molecule has 2 N–H and O–H groups in total. The largest absolute Gasteiger partial charge is 0.379 e. The average molecular weight is 439 g/mol. The number of hydrazone groups is 1. The van der Waals surface area contributed by atoms with Crippen LogP contribution in [0, 0.1) is 11.3 Å². The molecular weight excluding hydrogens is 422 g/mol. The summed E-state index contributed by atoms with van der Waals surface area (Å²) in [7, 11) is -2.83. The van der Waals surface area contributed by atoms with Gasteiger partial charge in [-0.2, -0.15) is 23.9 Å². The lowest BCUT2D eigenvalue weighted by Gasteiger charge is -2.24. The molecule has 0 aliphatic carbocycles. The van der Waals surface area contributed by atoms with Crippen molar-refractivity contribution in [3.63, 3.8) is 0 Å². The van der Waals surface area contributed by atoms with Gasteiger partial charge < -0.3 is 4.18 Å². The van der Waals surface area contributed by atoms with Gasteiger partial charge >= 0.3 is 10.1 Å². The first-order valence-electron chi connectivity index (χ1n) is 8.82. The van der Waals surface area contributed by atoms with Crippen molar-refractivity contribution in [3.05, 3.63) is 65.7 Å². The van der Waals surface area contributed by atoms with Crippen molar-refractivity contribution in [2.75, 3.05) is 12.2 Å². The van der Waals surface area contributed by atoms with E-state index in [2.05, 4.69) is 5.10 Å². The molecule has 0 radical (unpaired) electrons. The van der Waals surface area contributed by atoms with Crippen LogP contribution in [0.2, 0.25) is 0 Å². The topological polar surface area (TPSA) is 146 Å². The molecule has 2 aromatic rings. The monoisotopic (exact) mass is 439 g/mol. The minimum Gasteiger partial charge on any atom is -0.379 e. The zero-order valence-corrected chi connectivity index (χ0v) is 17.3. The number of carbonyl (C=O) groups excluding carboxylic acids is 2. The summed E-state index contributed by atoms with van der Waals surface area (Å²) in [5.41, 5.74) is -0.123. The maximum Gasteiger partial charge on any atom is 0.339 e. The number of nitrogens with two attached hydrogens (primary N) is 1. The summed E-state index contributed by atoms with van der Waals surface area (Å²) in [6, 6.07) is 15.1. The molecule has 0 fully saturated rings. The smallest absolute Gasteiger partial charge is 0.339 e. The first kappa shape index (κ1) is 21.7. The molecule has 0 aromatic heterocycles. The highest BCUT2D eigenvalue weighted by molar-refractivity contribution is 7.87. The van der Waals surface area contributed by atoms with Gasteiger partial charge in [0.15, 0.2) is 5.71 Å². The van der Waals surface area contributed by atoms with Gasteiger partial charge in [-0.3, -0.25) is 14.5 Å². The number of hydrogen-bond acceptors (Lipinski definition) is 9. The van der Waals surface area contributed by atoms with E-state index < -0.39 is 21.9 Å². The fourth-order valence-electron chi connectivity index (χ4n) is 2.71. The van der Waals surface area contributed by atoms with Crippen LogP contribution in [-0.4, -0.2) is 37.9 Å². The molecule has 10 nitrogen and oxygen atoms in total. The summed E-state index contributed by atoms with van der Waals surface area (Å²) in [5, 5.41) is 14.1. The summed E-state index contributed by atoms with van der Waals surface area (Å²) in [4.78, 5) is 25.2. The Morgan fingerprint density at radius 3 is 2.42 bits per heavy atom. The molecule has 1 heterocycles. The Hall–Kier alpha value is -4.01.